The van der Waals surface area contributed by atoms with E-state index in [0.29, 0.717) is 12.1 Å². The minimum Gasteiger partial charge on any atom is -0.366 e. The van der Waals surface area contributed by atoms with E-state index < -0.39 is 0 Å². The zero-order chi connectivity index (χ0) is 13.5. The molecule has 1 aromatic heterocycles. The van der Waals surface area contributed by atoms with E-state index in [0.717, 1.165) is 24.5 Å². The van der Waals surface area contributed by atoms with E-state index in [1.54, 1.807) is 11.3 Å². The van der Waals surface area contributed by atoms with Crippen LogP contribution in [0, 0.1) is 5.92 Å². The predicted octanol–water partition coefficient (Wildman–Crippen LogP) is 3.26. The highest BCUT2D eigenvalue weighted by Crippen LogP contribution is 2.36. The number of aromatic nitrogens is 1. The average molecular weight is 287 g/mol. The molecule has 2 aromatic rings. The van der Waals surface area contributed by atoms with Gasteiger partial charge in [0, 0.05) is 30.9 Å². The summed E-state index contributed by atoms with van der Waals surface area (Å²) in [6.45, 7) is 4.58. The van der Waals surface area contributed by atoms with E-state index in [1.807, 2.05) is 5.51 Å². The Morgan fingerprint density at radius 3 is 3.10 bits per heavy atom. The van der Waals surface area contributed by atoms with E-state index in [4.69, 9.17) is 0 Å². The molecule has 20 heavy (non-hydrogen) atoms. The number of nitrogens with one attached hydrogen (secondary N) is 1. The quantitative estimate of drug-likeness (QED) is 0.939. The Bertz CT molecular complexity index is 605. The molecule has 0 amide bonds. The molecular weight excluding hydrogens is 266 g/mol. The third-order valence-electron chi connectivity index (χ3n) is 4.76. The molecule has 3 nitrogen and oxygen atoms in total. The zero-order valence-corrected chi connectivity index (χ0v) is 12.7. The van der Waals surface area contributed by atoms with Crippen molar-refractivity contribution in [3.05, 3.63) is 23.7 Å². The summed E-state index contributed by atoms with van der Waals surface area (Å²) in [7, 11) is 0. The van der Waals surface area contributed by atoms with Crippen LogP contribution in [0.15, 0.2) is 23.7 Å². The maximum atomic E-state index is 4.38. The fraction of sp³-hybridized carbons (Fsp3) is 0.562. The van der Waals surface area contributed by atoms with Crippen molar-refractivity contribution in [2.24, 2.45) is 5.92 Å². The molecule has 2 fully saturated rings. The molecule has 1 saturated carbocycles. The second kappa shape index (κ2) is 5.01. The summed E-state index contributed by atoms with van der Waals surface area (Å²) in [5.74, 6) is 0.919. The van der Waals surface area contributed by atoms with Crippen molar-refractivity contribution >= 4 is 27.2 Å². The van der Waals surface area contributed by atoms with E-state index in [1.165, 1.54) is 29.6 Å². The van der Waals surface area contributed by atoms with E-state index in [2.05, 4.69) is 40.3 Å². The Morgan fingerprint density at radius 2 is 2.30 bits per heavy atom. The van der Waals surface area contributed by atoms with Gasteiger partial charge in [-0.3, -0.25) is 0 Å². The first-order valence-corrected chi connectivity index (χ1v) is 8.56. The summed E-state index contributed by atoms with van der Waals surface area (Å²) in [6.07, 6.45) is 4.03. The lowest BCUT2D eigenvalue weighted by molar-refractivity contribution is 0.360. The first-order chi connectivity index (χ1) is 9.85. The van der Waals surface area contributed by atoms with Gasteiger partial charge in [0.05, 0.1) is 15.7 Å². The number of fused-ring (bicyclic) bond motifs is 1. The maximum Gasteiger partial charge on any atom is 0.0813 e. The molecule has 4 rings (SSSR count). The fourth-order valence-corrected chi connectivity index (χ4v) is 4.05. The number of rotatable bonds is 3. The van der Waals surface area contributed by atoms with Crippen molar-refractivity contribution in [1.82, 2.24) is 10.3 Å². The number of piperazine rings is 1. The highest BCUT2D eigenvalue weighted by molar-refractivity contribution is 7.16. The van der Waals surface area contributed by atoms with Crippen LogP contribution in [0.5, 0.6) is 0 Å². The summed E-state index contributed by atoms with van der Waals surface area (Å²) in [4.78, 5) is 7.01. The molecule has 2 aliphatic rings. The molecule has 1 N–H and O–H groups in total. The van der Waals surface area contributed by atoms with Gasteiger partial charge in [-0.2, -0.15) is 0 Å². The smallest absolute Gasteiger partial charge is 0.0813 e. The Morgan fingerprint density at radius 1 is 1.40 bits per heavy atom. The minimum absolute atomic E-state index is 0.621. The van der Waals surface area contributed by atoms with Gasteiger partial charge in [-0.25, -0.2) is 4.98 Å². The number of thiazole rings is 1. The lowest BCUT2D eigenvalue weighted by Crippen LogP contribution is -2.57. The monoisotopic (exact) mass is 287 g/mol. The number of benzene rings is 1. The number of hydrogen-bond acceptors (Lipinski definition) is 4. The normalized spacial score (nSPS) is 27.1. The molecular formula is C16H21N3S. The van der Waals surface area contributed by atoms with Crippen LogP contribution in [-0.2, 0) is 0 Å². The Kier molecular flexibility index (Phi) is 3.15. The van der Waals surface area contributed by atoms with Gasteiger partial charge >= 0.3 is 0 Å². The maximum absolute atomic E-state index is 4.38. The molecule has 0 spiro atoms. The third kappa shape index (κ3) is 2.21. The van der Waals surface area contributed by atoms with Crippen LogP contribution in [0.4, 0.5) is 5.69 Å². The van der Waals surface area contributed by atoms with Crippen LogP contribution in [0.3, 0.4) is 0 Å². The van der Waals surface area contributed by atoms with Gasteiger partial charge in [0.1, 0.15) is 0 Å². The highest BCUT2D eigenvalue weighted by Gasteiger charge is 2.36. The summed E-state index contributed by atoms with van der Waals surface area (Å²) >= 11 is 1.74. The molecule has 1 aliphatic heterocycles. The van der Waals surface area contributed by atoms with Crippen LogP contribution >= 0.6 is 11.3 Å². The number of anilines is 1. The van der Waals surface area contributed by atoms with Gasteiger partial charge < -0.3 is 10.2 Å². The van der Waals surface area contributed by atoms with Gasteiger partial charge in [-0.1, -0.05) is 6.92 Å². The molecule has 0 radical (unpaired) electrons. The molecule has 2 unspecified atom stereocenters. The van der Waals surface area contributed by atoms with Crippen molar-refractivity contribution in [3.8, 4) is 0 Å². The van der Waals surface area contributed by atoms with Crippen molar-refractivity contribution < 1.29 is 0 Å². The van der Waals surface area contributed by atoms with Crippen LogP contribution in [-0.4, -0.2) is 30.2 Å². The van der Waals surface area contributed by atoms with Crippen molar-refractivity contribution in [3.63, 3.8) is 0 Å². The molecule has 106 valence electrons. The summed E-state index contributed by atoms with van der Waals surface area (Å²) < 4.78 is 1.30. The highest BCUT2D eigenvalue weighted by atomic mass is 32.1. The second-order valence-electron chi connectivity index (χ2n) is 6.07. The summed E-state index contributed by atoms with van der Waals surface area (Å²) in [5, 5.41) is 3.76. The Balaban J connectivity index is 1.64. The second-order valence-corrected chi connectivity index (χ2v) is 6.96. The van der Waals surface area contributed by atoms with Crippen LogP contribution in [0.2, 0.25) is 0 Å². The Labute approximate surface area is 124 Å². The van der Waals surface area contributed by atoms with Gasteiger partial charge in [-0.15, -0.1) is 11.3 Å². The average Bonchev–Trinajstić information content (AvgIpc) is 3.24. The van der Waals surface area contributed by atoms with E-state index in [9.17, 15) is 0 Å². The van der Waals surface area contributed by atoms with Gasteiger partial charge in [0.15, 0.2) is 0 Å². The molecule has 1 saturated heterocycles. The van der Waals surface area contributed by atoms with Crippen molar-refractivity contribution in [2.45, 2.75) is 38.3 Å². The first-order valence-electron chi connectivity index (χ1n) is 7.68. The molecule has 4 heteroatoms. The van der Waals surface area contributed by atoms with E-state index in [-0.39, 0.29) is 0 Å². The standard InChI is InChI=1S/C16H21N3S/c1-2-12-8-17-15(11-3-4-11)9-19(12)13-5-6-14-16(7-13)20-10-18-14/h5-7,10-12,15,17H,2-4,8-9H2,1H3. The molecule has 1 aromatic carbocycles. The largest absolute Gasteiger partial charge is 0.366 e. The predicted molar refractivity (Wildman–Crippen MR) is 85.6 cm³/mol. The third-order valence-corrected chi connectivity index (χ3v) is 5.55. The fourth-order valence-electron chi connectivity index (χ4n) is 3.34. The SMILES string of the molecule is CCC1CNC(C2CC2)CN1c1ccc2ncsc2c1. The lowest BCUT2D eigenvalue weighted by atomic mass is 10.0. The molecule has 1 aliphatic carbocycles. The van der Waals surface area contributed by atoms with Gasteiger partial charge in [0.25, 0.3) is 0 Å². The molecule has 2 atom stereocenters. The van der Waals surface area contributed by atoms with Crippen molar-refractivity contribution in [2.75, 3.05) is 18.0 Å². The molecule has 0 bridgehead atoms. The topological polar surface area (TPSA) is 28.2 Å². The van der Waals surface area contributed by atoms with Crippen molar-refractivity contribution in [1.29, 1.82) is 0 Å². The number of hydrogen-bond donors (Lipinski definition) is 1. The number of nitrogens with zero attached hydrogens (tertiary/aromatic N) is 2. The zero-order valence-electron chi connectivity index (χ0n) is 11.9. The Hall–Kier alpha value is -1.13. The molecule has 2 heterocycles. The van der Waals surface area contributed by atoms with Gasteiger partial charge in [-0.05, 0) is 43.4 Å². The minimum atomic E-state index is 0.621. The lowest BCUT2D eigenvalue weighted by Gasteiger charge is -2.42. The van der Waals surface area contributed by atoms with Gasteiger partial charge in [0.2, 0.25) is 0 Å². The summed E-state index contributed by atoms with van der Waals surface area (Å²) in [6, 6.07) is 8.05. The van der Waals surface area contributed by atoms with Crippen LogP contribution in [0.25, 0.3) is 10.2 Å². The van der Waals surface area contributed by atoms with Crippen LogP contribution in [0.1, 0.15) is 26.2 Å². The first kappa shape index (κ1) is 12.6. The summed E-state index contributed by atoms with van der Waals surface area (Å²) in [5.41, 5.74) is 4.44. The van der Waals surface area contributed by atoms with E-state index >= 15 is 0 Å². The van der Waals surface area contributed by atoms with Crippen LogP contribution < -0.4 is 10.2 Å².